The van der Waals surface area contributed by atoms with Crippen LogP contribution >= 0.6 is 0 Å². The summed E-state index contributed by atoms with van der Waals surface area (Å²) in [5, 5.41) is 0. The molecule has 0 bridgehead atoms. The van der Waals surface area contributed by atoms with Gasteiger partial charge in [0.25, 0.3) is 0 Å². The Balaban J connectivity index is 2.72. The van der Waals surface area contributed by atoms with Crippen molar-refractivity contribution in [1.82, 2.24) is 5.69 Å². The van der Waals surface area contributed by atoms with Crippen molar-refractivity contribution in [3.05, 3.63) is 48.6 Å². The van der Waals surface area contributed by atoms with Gasteiger partial charge in [-0.3, -0.25) is 0 Å². The average Bonchev–Trinajstić information content (AvgIpc) is 3.09. The fourth-order valence-corrected chi connectivity index (χ4v) is 22.4. The molecule has 3 heteroatoms. The van der Waals surface area contributed by atoms with Crippen LogP contribution in [0.3, 0.4) is 0 Å². The molecule has 0 aromatic heterocycles. The summed E-state index contributed by atoms with van der Waals surface area (Å²) >= 11 is -3.06. The Hall–Kier alpha value is -0.237. The summed E-state index contributed by atoms with van der Waals surface area (Å²) in [4.78, 5) is 0. The third-order valence-electron chi connectivity index (χ3n) is 5.55. The van der Waals surface area contributed by atoms with Crippen LogP contribution in [-0.4, -0.2) is 32.9 Å². The number of rotatable bonds is 6. The van der Waals surface area contributed by atoms with Gasteiger partial charge in [0.15, 0.2) is 0 Å². The van der Waals surface area contributed by atoms with E-state index < -0.39 is 20.8 Å². The third kappa shape index (κ3) is 2.33. The minimum absolute atomic E-state index is 0.179. The van der Waals surface area contributed by atoms with E-state index in [-0.39, 0.29) is 6.25 Å². The summed E-state index contributed by atoms with van der Waals surface area (Å²) in [7, 11) is 4.69. The van der Waals surface area contributed by atoms with Crippen LogP contribution in [0.15, 0.2) is 48.6 Å². The molecule has 0 radical (unpaired) electrons. The summed E-state index contributed by atoms with van der Waals surface area (Å²) in [6.07, 6.45) is 18.8. The Morgan fingerprint density at radius 2 is 1.00 bits per heavy atom. The van der Waals surface area contributed by atoms with Crippen molar-refractivity contribution in [3.63, 3.8) is 0 Å². The van der Waals surface area contributed by atoms with Gasteiger partial charge in [-0.2, -0.15) is 0 Å². The molecule has 0 saturated carbocycles. The molecule has 0 amide bonds. The third-order valence-corrected chi connectivity index (χ3v) is 21.6. The van der Waals surface area contributed by atoms with Crippen LogP contribution in [0.4, 0.5) is 0 Å². The van der Waals surface area contributed by atoms with Crippen LogP contribution in [0.5, 0.6) is 0 Å². The molecule has 0 saturated heterocycles. The van der Waals surface area contributed by atoms with Gasteiger partial charge >= 0.3 is 136 Å². The normalized spacial score (nSPS) is 22.1. The molecule has 0 N–H and O–H groups in total. The number of allylic oxidation sites excluding steroid dienone is 8. The zero-order valence-corrected chi connectivity index (χ0v) is 16.9. The zero-order valence-electron chi connectivity index (χ0n) is 14.4. The van der Waals surface area contributed by atoms with Gasteiger partial charge in [0.2, 0.25) is 0 Å². The topological polar surface area (TPSA) is 6.48 Å². The van der Waals surface area contributed by atoms with E-state index in [1.165, 1.54) is 0 Å². The van der Waals surface area contributed by atoms with Crippen LogP contribution in [0.2, 0.25) is 6.25 Å². The molecule has 0 aromatic rings. The van der Waals surface area contributed by atoms with Crippen LogP contribution < -0.4 is 0 Å². The van der Waals surface area contributed by atoms with Crippen molar-refractivity contribution < 1.29 is 20.8 Å². The predicted molar refractivity (Wildman–Crippen MR) is 89.9 cm³/mol. The number of hydrogen-bond acceptors (Lipinski definition) is 2. The minimum atomic E-state index is -3.06. The van der Waals surface area contributed by atoms with E-state index in [1.54, 1.807) is 0 Å². The van der Waals surface area contributed by atoms with E-state index in [4.69, 9.17) is 0 Å². The Morgan fingerprint density at radius 1 is 0.714 bits per heavy atom. The van der Waals surface area contributed by atoms with Gasteiger partial charge in [-0.05, 0) is 0 Å². The summed E-state index contributed by atoms with van der Waals surface area (Å²) in [6.45, 7) is 11.7. The van der Waals surface area contributed by atoms with E-state index >= 15 is 0 Å². The first-order chi connectivity index (χ1) is 9.88. The number of hydrogen-bond donors (Lipinski definition) is 0. The standard InChI is InChI=1S/2C6H7.2C3H8N.Zr/c2*1-6-4-2-3-5-6;2*1-3-4-2;/h2*2-5H,1H3;2*3H2,1-2H3;/q;;2*-1;+2. The van der Waals surface area contributed by atoms with Gasteiger partial charge in [0.1, 0.15) is 0 Å². The molecule has 0 aliphatic heterocycles. The Labute approximate surface area is 136 Å². The molecular weight excluding hydrogens is 335 g/mol. The molecule has 0 unspecified atom stereocenters. The van der Waals surface area contributed by atoms with Crippen molar-refractivity contribution in [3.8, 4) is 0 Å². The number of nitrogens with zero attached hydrogens (tertiary/aromatic N) is 2. The van der Waals surface area contributed by atoms with Crippen molar-refractivity contribution >= 4 is 0 Å². The van der Waals surface area contributed by atoms with Crippen molar-refractivity contribution in [1.29, 1.82) is 0 Å². The molecule has 2 aliphatic rings. The molecule has 0 fully saturated rings. The summed E-state index contributed by atoms with van der Waals surface area (Å²) in [5.41, 5.74) is 0. The molecule has 2 nitrogen and oxygen atoms in total. The quantitative estimate of drug-likeness (QED) is 0.684. The molecule has 21 heavy (non-hydrogen) atoms. The van der Waals surface area contributed by atoms with E-state index in [0.717, 1.165) is 13.1 Å². The van der Waals surface area contributed by atoms with Crippen LogP contribution in [0, 0.1) is 0 Å². The fourth-order valence-electron chi connectivity index (χ4n) is 4.57. The van der Waals surface area contributed by atoms with E-state index in [2.05, 4.69) is 96.1 Å². The fraction of sp³-hybridized carbons (Fsp3) is 0.556. The first-order valence-electron chi connectivity index (χ1n) is 8.04. The van der Waals surface area contributed by atoms with Crippen molar-refractivity contribution in [2.24, 2.45) is 0 Å². The van der Waals surface area contributed by atoms with Crippen LogP contribution in [0.25, 0.3) is 0 Å². The Bertz CT molecular complexity index is 431. The molecule has 0 aromatic carbocycles. The van der Waals surface area contributed by atoms with Crippen molar-refractivity contribution in [2.45, 2.75) is 33.9 Å². The van der Waals surface area contributed by atoms with Gasteiger partial charge in [-0.25, -0.2) is 0 Å². The summed E-state index contributed by atoms with van der Waals surface area (Å²) in [5.74, 6) is 0. The first-order valence-corrected chi connectivity index (χ1v) is 12.7. The molecular formula is C18H30N2Zr. The first kappa shape index (κ1) is 17.1. The zero-order chi connectivity index (χ0) is 15.7. The second kappa shape index (κ2) is 6.10. The molecule has 0 heterocycles. The molecule has 0 atom stereocenters. The van der Waals surface area contributed by atoms with Gasteiger partial charge in [0, 0.05) is 0 Å². The van der Waals surface area contributed by atoms with Gasteiger partial charge in [0.05, 0.1) is 0 Å². The van der Waals surface area contributed by atoms with Gasteiger partial charge in [-0.15, -0.1) is 0 Å². The predicted octanol–water partition coefficient (Wildman–Crippen LogP) is 4.48. The maximum atomic E-state index is 2.72. The molecule has 116 valence electrons. The maximum absolute atomic E-state index is 3.06. The molecule has 2 rings (SSSR count). The monoisotopic (exact) mass is 364 g/mol. The summed E-state index contributed by atoms with van der Waals surface area (Å²) < 4.78 is 5.80. The van der Waals surface area contributed by atoms with Gasteiger partial charge < -0.3 is 0 Å². The average molecular weight is 366 g/mol. The van der Waals surface area contributed by atoms with Crippen molar-refractivity contribution in [2.75, 3.05) is 27.2 Å². The molecule has 2 aliphatic carbocycles. The summed E-state index contributed by atoms with van der Waals surface area (Å²) in [6, 6.07) is 0. The van der Waals surface area contributed by atoms with Crippen LogP contribution in [-0.2, 0) is 20.8 Å². The van der Waals surface area contributed by atoms with Crippen LogP contribution in [0.1, 0.15) is 27.7 Å². The Morgan fingerprint density at radius 3 is 1.24 bits per heavy atom. The second-order valence-electron chi connectivity index (χ2n) is 6.70. The van der Waals surface area contributed by atoms with Gasteiger partial charge in [-0.1, -0.05) is 0 Å². The van der Waals surface area contributed by atoms with E-state index in [0.29, 0.717) is 0 Å². The SMILES string of the molecule is CC[N](C)[Zr]([N](C)CC)([C]1(C)C=CC=C1)[C]1(C)C=CC=C1. The van der Waals surface area contributed by atoms with E-state index in [1.807, 2.05) is 0 Å². The second-order valence-corrected chi connectivity index (χ2v) is 19.1. The van der Waals surface area contributed by atoms with E-state index in [9.17, 15) is 0 Å². The Kier molecular flexibility index (Phi) is 4.98. The molecule has 0 spiro atoms.